The van der Waals surface area contributed by atoms with Crippen LogP contribution in [0.15, 0.2) is 66.8 Å². The van der Waals surface area contributed by atoms with Crippen molar-refractivity contribution >= 4 is 63.9 Å². The first kappa shape index (κ1) is 37.1. The van der Waals surface area contributed by atoms with Crippen molar-refractivity contribution in [2.24, 2.45) is 17.8 Å². The summed E-state index contributed by atoms with van der Waals surface area (Å²) in [6, 6.07) is 11.2. The second kappa shape index (κ2) is 13.2. The largest absolute Gasteiger partial charge is 0.507 e. The fourth-order valence-corrected chi connectivity index (χ4v) is 9.89. The number of rotatable bonds is 6. The Morgan fingerprint density at radius 1 is 0.818 bits per heavy atom. The normalized spacial score (nSPS) is 29.0. The van der Waals surface area contributed by atoms with Crippen molar-refractivity contribution < 1.29 is 51.0 Å². The average molecular weight is 803 g/mol. The van der Waals surface area contributed by atoms with Gasteiger partial charge in [-0.05, 0) is 55.0 Å². The van der Waals surface area contributed by atoms with Gasteiger partial charge in [-0.2, -0.15) is 0 Å². The number of phenols is 1. The molecule has 0 spiro atoms. The van der Waals surface area contributed by atoms with Crippen LogP contribution in [0, 0.1) is 46.8 Å². The van der Waals surface area contributed by atoms with Crippen LogP contribution in [0.25, 0.3) is 0 Å². The number of carbonyl (C=O) groups is 4. The van der Waals surface area contributed by atoms with Crippen molar-refractivity contribution in [3.05, 3.63) is 107 Å². The minimum Gasteiger partial charge on any atom is -0.507 e. The van der Waals surface area contributed by atoms with Gasteiger partial charge in [0, 0.05) is 30.3 Å². The Hall–Kier alpha value is -4.79. The number of fused-ring (bicyclic) bond motifs is 4. The number of anilines is 3. The van der Waals surface area contributed by atoms with Crippen LogP contribution < -0.4 is 14.7 Å². The molecule has 3 heterocycles. The zero-order valence-corrected chi connectivity index (χ0v) is 30.2. The number of morpholine rings is 1. The van der Waals surface area contributed by atoms with Gasteiger partial charge < -0.3 is 14.7 Å². The molecule has 0 radical (unpaired) electrons. The van der Waals surface area contributed by atoms with Crippen molar-refractivity contribution in [1.82, 2.24) is 0 Å². The summed E-state index contributed by atoms with van der Waals surface area (Å²) in [5.41, 5.74) is -0.283. The van der Waals surface area contributed by atoms with Gasteiger partial charge in [0.2, 0.25) is 17.6 Å². The molecule has 55 heavy (non-hydrogen) atoms. The first-order valence-electron chi connectivity index (χ1n) is 17.4. The van der Waals surface area contributed by atoms with Gasteiger partial charge in [0.25, 0.3) is 11.8 Å². The van der Waals surface area contributed by atoms with Crippen LogP contribution in [0.5, 0.6) is 5.75 Å². The van der Waals surface area contributed by atoms with E-state index in [4.69, 9.17) is 27.9 Å². The molecule has 1 N–H and O–H groups in total. The summed E-state index contributed by atoms with van der Waals surface area (Å²) in [6.07, 6.45) is 2.48. The second-order valence-electron chi connectivity index (χ2n) is 14.2. The van der Waals surface area contributed by atoms with E-state index < -0.39 is 104 Å². The average Bonchev–Trinajstić information content (AvgIpc) is 3.52. The smallest absolute Gasteiger partial charge is 0.258 e. The standard InChI is InChI=1S/C39H30Cl2F5N3O6/c1-2-4-18-5-3-6-23(33(18)50)26-21-11-12-22-25(35(52)48(34(22)51)20-9-7-19(8-10-20)47-13-15-55-16-14-47)24(21)17-38(40)36(53)49(37(54)39(26,38)41)32-30(45)28(43)27(42)29(44)31(32)46/h2-3,5-11,22,24-26,50H,1,4,12-17H2/t22-,24+,25-,26+,38+,39-/m0/s1. The van der Waals surface area contributed by atoms with Crippen LogP contribution in [-0.4, -0.2) is 64.8 Å². The van der Waals surface area contributed by atoms with Gasteiger partial charge in [-0.3, -0.25) is 24.1 Å². The van der Waals surface area contributed by atoms with Gasteiger partial charge in [0.05, 0.1) is 30.7 Å². The van der Waals surface area contributed by atoms with Gasteiger partial charge in [-0.1, -0.05) is 35.9 Å². The number of benzene rings is 3. The molecule has 9 nitrogen and oxygen atoms in total. The summed E-state index contributed by atoms with van der Waals surface area (Å²) in [5, 5.41) is 11.6. The van der Waals surface area contributed by atoms with E-state index in [-0.39, 0.29) is 34.6 Å². The number of amides is 4. The van der Waals surface area contributed by atoms with Crippen molar-refractivity contribution in [2.45, 2.75) is 34.9 Å². The summed E-state index contributed by atoms with van der Waals surface area (Å²) in [4.78, 5) is 54.9. The second-order valence-corrected chi connectivity index (χ2v) is 15.4. The highest BCUT2D eigenvalue weighted by Crippen LogP contribution is 2.67. The highest BCUT2D eigenvalue weighted by molar-refractivity contribution is 6.58. The fourth-order valence-electron chi connectivity index (χ4n) is 8.97. The monoisotopic (exact) mass is 801 g/mol. The molecule has 2 aliphatic carbocycles. The summed E-state index contributed by atoms with van der Waals surface area (Å²) in [6.45, 7) is 6.07. The lowest BCUT2D eigenvalue weighted by atomic mass is 9.56. The van der Waals surface area contributed by atoms with E-state index in [2.05, 4.69) is 11.5 Å². The molecule has 6 atom stereocenters. The van der Waals surface area contributed by atoms with E-state index >= 15 is 8.78 Å². The predicted molar refractivity (Wildman–Crippen MR) is 190 cm³/mol. The van der Waals surface area contributed by atoms with Gasteiger partial charge in [-0.25, -0.2) is 26.9 Å². The van der Waals surface area contributed by atoms with Crippen molar-refractivity contribution in [3.8, 4) is 5.75 Å². The third kappa shape index (κ3) is 5.06. The summed E-state index contributed by atoms with van der Waals surface area (Å²) in [5.74, 6) is -22.0. The molecule has 3 aromatic carbocycles. The molecule has 4 fully saturated rings. The molecule has 5 aliphatic rings. The summed E-state index contributed by atoms with van der Waals surface area (Å²) in [7, 11) is 0. The molecule has 16 heteroatoms. The molecule has 3 aliphatic heterocycles. The maximum atomic E-state index is 15.3. The number of phenolic OH excluding ortho intramolecular Hbond substituents is 1. The van der Waals surface area contributed by atoms with E-state index in [9.17, 15) is 37.5 Å². The molecule has 8 rings (SSSR count). The van der Waals surface area contributed by atoms with E-state index in [1.165, 1.54) is 18.2 Å². The maximum absolute atomic E-state index is 15.3. The van der Waals surface area contributed by atoms with Gasteiger partial charge >= 0.3 is 0 Å². The Balaban J connectivity index is 1.26. The number of carbonyl (C=O) groups excluding carboxylic acids is 4. The lowest BCUT2D eigenvalue weighted by Crippen LogP contribution is -2.60. The fraction of sp³-hybridized carbons (Fsp3) is 0.333. The Bertz CT molecular complexity index is 2220. The molecule has 0 bridgehead atoms. The Morgan fingerprint density at radius 3 is 2.07 bits per heavy atom. The van der Waals surface area contributed by atoms with Crippen molar-refractivity contribution in [1.29, 1.82) is 0 Å². The predicted octanol–water partition coefficient (Wildman–Crippen LogP) is 6.42. The number of allylic oxidation sites excluding steroid dienone is 3. The highest BCUT2D eigenvalue weighted by Gasteiger charge is 2.77. The SMILES string of the molecule is C=CCc1cccc([C@H]2C3=CC[C@@H]4C(=O)N(c5ccc(N6CCOCC6)cc5)C(=O)[C@@H]4[C@@H]3C[C@@]3(Cl)C(=O)N(c4c(F)c(F)c(F)c(F)c4F)C(=O)[C@@]23Cl)c1O. The number of aromatic hydroxyl groups is 1. The van der Waals surface area contributed by atoms with Crippen LogP contribution in [0.3, 0.4) is 0 Å². The van der Waals surface area contributed by atoms with Crippen LogP contribution in [0.4, 0.5) is 39.0 Å². The number of para-hydroxylation sites is 1. The van der Waals surface area contributed by atoms with Gasteiger partial charge in [-0.15, -0.1) is 29.8 Å². The Kier molecular flexibility index (Phi) is 8.89. The van der Waals surface area contributed by atoms with E-state index in [0.29, 0.717) is 31.9 Å². The Labute approximate surface area is 320 Å². The summed E-state index contributed by atoms with van der Waals surface area (Å²) >= 11 is 14.4. The Morgan fingerprint density at radius 2 is 1.44 bits per heavy atom. The number of hydrogen-bond acceptors (Lipinski definition) is 7. The summed E-state index contributed by atoms with van der Waals surface area (Å²) < 4.78 is 79.3. The molecule has 1 saturated carbocycles. The zero-order chi connectivity index (χ0) is 39.3. The lowest BCUT2D eigenvalue weighted by molar-refractivity contribution is -0.125. The van der Waals surface area contributed by atoms with Crippen molar-refractivity contribution in [2.75, 3.05) is 41.0 Å². The molecule has 0 aromatic heterocycles. The van der Waals surface area contributed by atoms with E-state index in [1.807, 2.05) is 0 Å². The quantitative estimate of drug-likeness (QED) is 0.0766. The maximum Gasteiger partial charge on any atom is 0.258 e. The first-order valence-corrected chi connectivity index (χ1v) is 18.1. The topological polar surface area (TPSA) is 107 Å². The third-order valence-electron chi connectivity index (χ3n) is 11.5. The third-order valence-corrected chi connectivity index (χ3v) is 12.9. The van der Waals surface area contributed by atoms with E-state index in [0.717, 1.165) is 10.6 Å². The molecule has 0 unspecified atom stereocenters. The number of hydrogen-bond donors (Lipinski definition) is 1. The molecule has 4 amide bonds. The first-order chi connectivity index (χ1) is 26.2. The minimum atomic E-state index is -2.76. The van der Waals surface area contributed by atoms with Crippen LogP contribution in [-0.2, 0) is 30.3 Å². The van der Waals surface area contributed by atoms with E-state index in [1.54, 1.807) is 36.4 Å². The molecule has 3 aromatic rings. The highest BCUT2D eigenvalue weighted by atomic mass is 35.5. The number of ether oxygens (including phenoxy) is 1. The molecular weight excluding hydrogens is 772 g/mol. The molecule has 3 saturated heterocycles. The molecule has 286 valence electrons. The number of alkyl halides is 2. The van der Waals surface area contributed by atoms with Crippen LogP contribution in [0.1, 0.15) is 29.9 Å². The molecular formula is C39H30Cl2F5N3O6. The lowest BCUT2D eigenvalue weighted by Gasteiger charge is -2.50. The van der Waals surface area contributed by atoms with Gasteiger partial charge in [0.15, 0.2) is 33.0 Å². The van der Waals surface area contributed by atoms with Crippen LogP contribution in [0.2, 0.25) is 0 Å². The number of halogens is 7. The van der Waals surface area contributed by atoms with Crippen LogP contribution >= 0.6 is 23.2 Å². The zero-order valence-electron chi connectivity index (χ0n) is 28.6. The number of nitrogens with zero attached hydrogens (tertiary/aromatic N) is 3. The van der Waals surface area contributed by atoms with Gasteiger partial charge in [0.1, 0.15) is 11.4 Å². The minimum absolute atomic E-state index is 0.0429. The number of imide groups is 2. The van der Waals surface area contributed by atoms with Crippen molar-refractivity contribution in [3.63, 3.8) is 0 Å².